The van der Waals surface area contributed by atoms with Crippen LogP contribution in [0.1, 0.15) is 51.9 Å². The van der Waals surface area contributed by atoms with Gasteiger partial charge in [0, 0.05) is 19.1 Å². The maximum absolute atomic E-state index is 12.0. The predicted molar refractivity (Wildman–Crippen MR) is 69.5 cm³/mol. The highest BCUT2D eigenvalue weighted by atomic mass is 16.4. The van der Waals surface area contributed by atoms with Crippen molar-refractivity contribution < 1.29 is 14.7 Å². The van der Waals surface area contributed by atoms with Crippen LogP contribution in [-0.2, 0) is 4.79 Å². The number of hydrogen-bond donors (Lipinski definition) is 2. The molecule has 104 valence electrons. The van der Waals surface area contributed by atoms with E-state index in [0.717, 1.165) is 19.3 Å². The average molecular weight is 256 g/mol. The molecule has 2 N–H and O–H groups in total. The van der Waals surface area contributed by atoms with E-state index in [1.54, 1.807) is 4.90 Å². The summed E-state index contributed by atoms with van der Waals surface area (Å²) in [5, 5.41) is 11.7. The Labute approximate surface area is 109 Å². The first-order valence-corrected chi connectivity index (χ1v) is 6.90. The summed E-state index contributed by atoms with van der Waals surface area (Å²) in [6, 6.07) is 0.167. The minimum absolute atomic E-state index is 0.0120. The predicted octanol–water partition coefficient (Wildman–Crippen LogP) is 2.22. The van der Waals surface area contributed by atoms with Gasteiger partial charge in [-0.05, 0) is 19.3 Å². The van der Waals surface area contributed by atoms with Gasteiger partial charge in [0.2, 0.25) is 0 Å². The van der Waals surface area contributed by atoms with Gasteiger partial charge in [-0.1, -0.05) is 26.2 Å². The van der Waals surface area contributed by atoms with Crippen LogP contribution in [0.2, 0.25) is 0 Å². The van der Waals surface area contributed by atoms with E-state index in [1.165, 1.54) is 19.3 Å². The highest BCUT2D eigenvalue weighted by molar-refractivity contribution is 5.75. The summed E-state index contributed by atoms with van der Waals surface area (Å²) in [7, 11) is 0. The summed E-state index contributed by atoms with van der Waals surface area (Å²) in [6.07, 6.45) is 6.55. The van der Waals surface area contributed by atoms with Gasteiger partial charge >= 0.3 is 12.0 Å². The molecule has 1 rings (SSSR count). The number of rotatable bonds is 6. The topological polar surface area (TPSA) is 69.6 Å². The van der Waals surface area contributed by atoms with Crippen LogP contribution >= 0.6 is 0 Å². The van der Waals surface area contributed by atoms with Crippen LogP contribution in [-0.4, -0.2) is 41.1 Å². The van der Waals surface area contributed by atoms with Crippen molar-refractivity contribution in [3.8, 4) is 0 Å². The zero-order chi connectivity index (χ0) is 13.4. The van der Waals surface area contributed by atoms with Crippen LogP contribution in [0.15, 0.2) is 0 Å². The third-order valence-electron chi connectivity index (χ3n) is 3.31. The van der Waals surface area contributed by atoms with E-state index >= 15 is 0 Å². The lowest BCUT2D eigenvalue weighted by molar-refractivity contribution is -0.137. The number of amides is 2. The largest absolute Gasteiger partial charge is 0.481 e. The minimum atomic E-state index is -0.860. The SMILES string of the molecule is CCCN(CCC(=O)O)C(=O)NC1CCCCC1. The number of carbonyl (C=O) groups excluding carboxylic acids is 1. The quantitative estimate of drug-likeness (QED) is 0.765. The molecule has 5 nitrogen and oxygen atoms in total. The van der Waals surface area contributed by atoms with Crippen LogP contribution in [0.5, 0.6) is 0 Å². The van der Waals surface area contributed by atoms with Gasteiger partial charge < -0.3 is 15.3 Å². The molecule has 0 aromatic heterocycles. The van der Waals surface area contributed by atoms with Gasteiger partial charge in [-0.2, -0.15) is 0 Å². The van der Waals surface area contributed by atoms with Crippen molar-refractivity contribution in [1.29, 1.82) is 0 Å². The van der Waals surface area contributed by atoms with Crippen molar-refractivity contribution in [2.45, 2.75) is 57.9 Å². The molecule has 0 aromatic rings. The third kappa shape index (κ3) is 5.38. The number of aliphatic carboxylic acids is 1. The molecule has 0 saturated heterocycles. The fourth-order valence-electron chi connectivity index (χ4n) is 2.33. The first-order chi connectivity index (χ1) is 8.63. The molecule has 0 aromatic carbocycles. The summed E-state index contributed by atoms with van der Waals surface area (Å²) in [5.41, 5.74) is 0. The van der Waals surface area contributed by atoms with Gasteiger partial charge in [0.25, 0.3) is 0 Å². The van der Waals surface area contributed by atoms with Crippen molar-refractivity contribution in [3.63, 3.8) is 0 Å². The van der Waals surface area contributed by atoms with E-state index in [4.69, 9.17) is 5.11 Å². The minimum Gasteiger partial charge on any atom is -0.481 e. The molecule has 5 heteroatoms. The van der Waals surface area contributed by atoms with E-state index in [0.29, 0.717) is 13.1 Å². The molecular formula is C13H24N2O3. The Balaban J connectivity index is 2.39. The number of hydrogen-bond acceptors (Lipinski definition) is 2. The van der Waals surface area contributed by atoms with E-state index in [2.05, 4.69) is 5.32 Å². The molecule has 0 unspecified atom stereocenters. The van der Waals surface area contributed by atoms with E-state index in [-0.39, 0.29) is 18.5 Å². The molecule has 0 spiro atoms. The summed E-state index contributed by atoms with van der Waals surface area (Å²) in [6.45, 7) is 2.90. The lowest BCUT2D eigenvalue weighted by Crippen LogP contribution is -2.46. The lowest BCUT2D eigenvalue weighted by Gasteiger charge is -2.28. The Hall–Kier alpha value is -1.26. The molecule has 1 aliphatic carbocycles. The molecule has 1 fully saturated rings. The van der Waals surface area contributed by atoms with E-state index < -0.39 is 5.97 Å². The maximum Gasteiger partial charge on any atom is 0.317 e. The van der Waals surface area contributed by atoms with Crippen molar-refractivity contribution in [2.24, 2.45) is 0 Å². The number of carbonyl (C=O) groups is 2. The Morgan fingerprint density at radius 2 is 1.89 bits per heavy atom. The molecule has 2 amide bonds. The average Bonchev–Trinajstić information content (AvgIpc) is 2.35. The fourth-order valence-corrected chi connectivity index (χ4v) is 2.33. The van der Waals surface area contributed by atoms with E-state index in [9.17, 15) is 9.59 Å². The molecule has 0 bridgehead atoms. The number of nitrogens with zero attached hydrogens (tertiary/aromatic N) is 1. The first kappa shape index (κ1) is 14.8. The zero-order valence-corrected chi connectivity index (χ0v) is 11.2. The molecule has 18 heavy (non-hydrogen) atoms. The van der Waals surface area contributed by atoms with Gasteiger partial charge in [-0.25, -0.2) is 4.79 Å². The van der Waals surface area contributed by atoms with Crippen molar-refractivity contribution in [2.75, 3.05) is 13.1 Å². The molecule has 0 heterocycles. The fraction of sp³-hybridized carbons (Fsp3) is 0.846. The third-order valence-corrected chi connectivity index (χ3v) is 3.31. The van der Waals surface area contributed by atoms with Crippen LogP contribution < -0.4 is 5.32 Å². The van der Waals surface area contributed by atoms with Crippen LogP contribution in [0.3, 0.4) is 0 Å². The zero-order valence-electron chi connectivity index (χ0n) is 11.2. The number of carboxylic acids is 1. The molecule has 1 saturated carbocycles. The normalized spacial score (nSPS) is 16.3. The second-order valence-corrected chi connectivity index (χ2v) is 4.92. The first-order valence-electron chi connectivity index (χ1n) is 6.90. The van der Waals surface area contributed by atoms with Crippen LogP contribution in [0.4, 0.5) is 4.79 Å². The smallest absolute Gasteiger partial charge is 0.317 e. The summed E-state index contributed by atoms with van der Waals surface area (Å²) < 4.78 is 0. The molecule has 0 atom stereocenters. The van der Waals surface area contributed by atoms with Gasteiger partial charge in [0.1, 0.15) is 0 Å². The van der Waals surface area contributed by atoms with Gasteiger partial charge in [0.15, 0.2) is 0 Å². The number of carboxylic acid groups (broad SMARTS) is 1. The lowest BCUT2D eigenvalue weighted by atomic mass is 9.96. The number of nitrogens with one attached hydrogen (secondary N) is 1. The van der Waals surface area contributed by atoms with Crippen molar-refractivity contribution in [1.82, 2.24) is 10.2 Å². The Kier molecular flexibility index (Phi) is 6.54. The Bertz CT molecular complexity index is 275. The van der Waals surface area contributed by atoms with Crippen molar-refractivity contribution >= 4 is 12.0 Å². The van der Waals surface area contributed by atoms with E-state index in [1.807, 2.05) is 6.92 Å². The highest BCUT2D eigenvalue weighted by Crippen LogP contribution is 2.17. The molecule has 0 radical (unpaired) electrons. The maximum atomic E-state index is 12.0. The number of urea groups is 1. The standard InChI is InChI=1S/C13H24N2O3/c1-2-9-15(10-8-12(16)17)13(18)14-11-6-4-3-5-7-11/h11H,2-10H2,1H3,(H,14,18)(H,16,17). The Morgan fingerprint density at radius 1 is 1.22 bits per heavy atom. The second kappa shape index (κ2) is 7.95. The van der Waals surface area contributed by atoms with Gasteiger partial charge in [-0.15, -0.1) is 0 Å². The molecular weight excluding hydrogens is 232 g/mol. The van der Waals surface area contributed by atoms with Crippen molar-refractivity contribution in [3.05, 3.63) is 0 Å². The monoisotopic (exact) mass is 256 g/mol. The van der Waals surface area contributed by atoms with Crippen LogP contribution in [0.25, 0.3) is 0 Å². The second-order valence-electron chi connectivity index (χ2n) is 4.92. The highest BCUT2D eigenvalue weighted by Gasteiger charge is 2.19. The summed E-state index contributed by atoms with van der Waals surface area (Å²) in [5.74, 6) is -0.860. The molecule has 0 aliphatic heterocycles. The molecule has 1 aliphatic rings. The van der Waals surface area contributed by atoms with Gasteiger partial charge in [-0.3, -0.25) is 4.79 Å². The van der Waals surface area contributed by atoms with Crippen LogP contribution in [0, 0.1) is 0 Å². The van der Waals surface area contributed by atoms with Gasteiger partial charge in [0.05, 0.1) is 6.42 Å². The summed E-state index contributed by atoms with van der Waals surface area (Å²) >= 11 is 0. The summed E-state index contributed by atoms with van der Waals surface area (Å²) in [4.78, 5) is 24.2. The Morgan fingerprint density at radius 3 is 2.44 bits per heavy atom.